The molecule has 1 saturated heterocycles. The molecular weight excluding hydrogens is 593 g/mol. The molecule has 0 spiro atoms. The molecule has 228 valence electrons. The highest BCUT2D eigenvalue weighted by Crippen LogP contribution is 2.43. The number of methoxy groups -OCH3 is 1. The SMILES string of the molecule is COC(=O)C(c1ccc(Cl)cc1)(c1ccc(Cl)cc1)c1ccc([N+](=O)[O-])c(NCC2CCN(C(=O)OC(C)(C)C)CC2)c1. The van der Waals surface area contributed by atoms with Crippen molar-refractivity contribution in [1.82, 2.24) is 4.90 Å². The number of nitrogens with one attached hydrogen (secondary N) is 1. The summed E-state index contributed by atoms with van der Waals surface area (Å²) in [7, 11) is 1.30. The summed E-state index contributed by atoms with van der Waals surface area (Å²) >= 11 is 12.4. The van der Waals surface area contributed by atoms with Gasteiger partial charge in [0, 0.05) is 35.7 Å². The Morgan fingerprint density at radius 1 is 0.930 bits per heavy atom. The molecule has 4 rings (SSSR count). The zero-order valence-corrected chi connectivity index (χ0v) is 26.1. The number of rotatable bonds is 8. The van der Waals surface area contributed by atoms with Crippen LogP contribution in [0.1, 0.15) is 50.3 Å². The van der Waals surface area contributed by atoms with Gasteiger partial charge in [0.25, 0.3) is 5.69 Å². The topological polar surface area (TPSA) is 111 Å². The smallest absolute Gasteiger partial charge is 0.410 e. The van der Waals surface area contributed by atoms with Crippen LogP contribution in [0, 0.1) is 16.0 Å². The van der Waals surface area contributed by atoms with Crippen LogP contribution in [0.4, 0.5) is 16.2 Å². The number of esters is 1. The fraction of sp³-hybridized carbons (Fsp3) is 0.375. The molecule has 1 N–H and O–H groups in total. The van der Waals surface area contributed by atoms with E-state index in [9.17, 15) is 19.7 Å². The third kappa shape index (κ3) is 7.22. The summed E-state index contributed by atoms with van der Waals surface area (Å²) in [5.74, 6) is -0.411. The first kappa shape index (κ1) is 32.1. The van der Waals surface area contributed by atoms with E-state index in [2.05, 4.69) is 5.32 Å². The third-order valence-corrected chi connectivity index (χ3v) is 8.02. The molecule has 1 heterocycles. The lowest BCUT2D eigenvalue weighted by Crippen LogP contribution is -2.42. The zero-order valence-electron chi connectivity index (χ0n) is 24.6. The van der Waals surface area contributed by atoms with Crippen LogP contribution in [-0.2, 0) is 19.7 Å². The van der Waals surface area contributed by atoms with Gasteiger partial charge in [-0.1, -0.05) is 53.5 Å². The number of piperidine rings is 1. The normalized spacial score (nSPS) is 14.2. The van der Waals surface area contributed by atoms with Crippen molar-refractivity contribution < 1.29 is 24.0 Å². The van der Waals surface area contributed by atoms with E-state index in [1.54, 1.807) is 65.6 Å². The molecule has 0 aliphatic carbocycles. The van der Waals surface area contributed by atoms with E-state index in [0.29, 0.717) is 59.2 Å². The zero-order chi connectivity index (χ0) is 31.4. The van der Waals surface area contributed by atoms with Crippen molar-refractivity contribution in [1.29, 1.82) is 0 Å². The molecule has 1 fully saturated rings. The van der Waals surface area contributed by atoms with Crippen molar-refractivity contribution in [3.8, 4) is 0 Å². The second-order valence-electron chi connectivity index (χ2n) is 11.5. The van der Waals surface area contributed by atoms with Gasteiger partial charge in [0.2, 0.25) is 0 Å². The molecule has 1 amide bonds. The molecule has 43 heavy (non-hydrogen) atoms. The molecule has 0 bridgehead atoms. The molecule has 0 saturated carbocycles. The number of benzene rings is 3. The Labute approximate surface area is 261 Å². The van der Waals surface area contributed by atoms with E-state index in [4.69, 9.17) is 32.7 Å². The Kier molecular flexibility index (Phi) is 9.87. The highest BCUT2D eigenvalue weighted by Gasteiger charge is 2.46. The molecule has 11 heteroatoms. The largest absolute Gasteiger partial charge is 0.468 e. The number of likely N-dealkylation sites (tertiary alicyclic amines) is 1. The van der Waals surface area contributed by atoms with Crippen molar-refractivity contribution in [3.05, 3.63) is 104 Å². The first-order valence-corrected chi connectivity index (χ1v) is 14.7. The van der Waals surface area contributed by atoms with Crippen molar-refractivity contribution in [3.63, 3.8) is 0 Å². The molecule has 1 aliphatic rings. The lowest BCUT2D eigenvalue weighted by Gasteiger charge is -2.34. The summed E-state index contributed by atoms with van der Waals surface area (Å²) in [5, 5.41) is 16.3. The fourth-order valence-electron chi connectivity index (χ4n) is 5.38. The number of nitrogens with zero attached hydrogens (tertiary/aromatic N) is 2. The highest BCUT2D eigenvalue weighted by atomic mass is 35.5. The van der Waals surface area contributed by atoms with Crippen LogP contribution in [0.25, 0.3) is 0 Å². The molecular formula is C32H35Cl2N3O6. The number of carbonyl (C=O) groups is 2. The molecule has 0 unspecified atom stereocenters. The lowest BCUT2D eigenvalue weighted by molar-refractivity contribution is -0.384. The molecule has 0 aromatic heterocycles. The number of nitro benzene ring substituents is 1. The number of anilines is 1. The minimum absolute atomic E-state index is 0.124. The number of nitro groups is 1. The van der Waals surface area contributed by atoms with Gasteiger partial charge in [-0.2, -0.15) is 0 Å². The molecule has 3 aromatic carbocycles. The first-order chi connectivity index (χ1) is 20.3. The number of hydrogen-bond donors (Lipinski definition) is 1. The van der Waals surface area contributed by atoms with Gasteiger partial charge in [-0.3, -0.25) is 14.9 Å². The van der Waals surface area contributed by atoms with Crippen LogP contribution >= 0.6 is 23.2 Å². The number of carbonyl (C=O) groups excluding carboxylic acids is 2. The standard InChI is InChI=1S/C32H35Cl2N3O6/c1-31(2,3)43-30(39)36-17-15-21(16-18-36)20-35-27-19-24(9-14-28(27)37(40)41)32(29(38)42-4,22-5-10-25(33)11-6-22)23-7-12-26(34)13-8-23/h5-14,19,21,35H,15-18,20H2,1-4H3. The van der Waals surface area contributed by atoms with E-state index >= 15 is 0 Å². The maximum absolute atomic E-state index is 13.8. The van der Waals surface area contributed by atoms with Gasteiger partial charge in [0.05, 0.1) is 12.0 Å². The highest BCUT2D eigenvalue weighted by molar-refractivity contribution is 6.30. The molecule has 1 aliphatic heterocycles. The third-order valence-electron chi connectivity index (χ3n) is 7.52. The second-order valence-corrected chi connectivity index (χ2v) is 12.4. The average molecular weight is 629 g/mol. The predicted molar refractivity (Wildman–Crippen MR) is 167 cm³/mol. The van der Waals surface area contributed by atoms with Gasteiger partial charge < -0.3 is 19.7 Å². The second kappa shape index (κ2) is 13.2. The Balaban J connectivity index is 1.69. The number of hydrogen-bond acceptors (Lipinski definition) is 7. The summed E-state index contributed by atoms with van der Waals surface area (Å²) in [5.41, 5.74) is -0.294. The van der Waals surface area contributed by atoms with Gasteiger partial charge in [-0.25, -0.2) is 4.79 Å². The van der Waals surface area contributed by atoms with Gasteiger partial charge in [-0.15, -0.1) is 0 Å². The van der Waals surface area contributed by atoms with E-state index in [-0.39, 0.29) is 23.4 Å². The van der Waals surface area contributed by atoms with E-state index in [1.807, 2.05) is 20.8 Å². The molecule has 9 nitrogen and oxygen atoms in total. The number of halogens is 2. The summed E-state index contributed by atoms with van der Waals surface area (Å²) < 4.78 is 10.9. The first-order valence-electron chi connectivity index (χ1n) is 14.0. The molecule has 0 atom stereocenters. The molecule has 0 radical (unpaired) electrons. The van der Waals surface area contributed by atoms with Crippen LogP contribution in [0.2, 0.25) is 10.0 Å². The monoisotopic (exact) mass is 627 g/mol. The van der Waals surface area contributed by atoms with Crippen molar-refractivity contribution in [2.75, 3.05) is 32.1 Å². The van der Waals surface area contributed by atoms with Crippen LogP contribution in [-0.4, -0.2) is 54.2 Å². The van der Waals surface area contributed by atoms with E-state index in [1.165, 1.54) is 13.2 Å². The van der Waals surface area contributed by atoms with E-state index in [0.717, 1.165) is 0 Å². The van der Waals surface area contributed by atoms with Gasteiger partial charge in [0.15, 0.2) is 0 Å². The van der Waals surface area contributed by atoms with Crippen molar-refractivity contribution >= 4 is 46.6 Å². The number of amides is 1. The van der Waals surface area contributed by atoms with Gasteiger partial charge in [0.1, 0.15) is 16.7 Å². The van der Waals surface area contributed by atoms with E-state index < -0.39 is 21.9 Å². The Morgan fingerprint density at radius 2 is 1.44 bits per heavy atom. The summed E-state index contributed by atoms with van der Waals surface area (Å²) in [6, 6.07) is 18.3. The average Bonchev–Trinajstić information content (AvgIpc) is 2.97. The quantitative estimate of drug-likeness (QED) is 0.119. The Bertz CT molecular complexity index is 1420. The summed E-state index contributed by atoms with van der Waals surface area (Å²) in [6.45, 7) is 7.00. The summed E-state index contributed by atoms with van der Waals surface area (Å²) in [6.07, 6.45) is 1.08. The number of ether oxygens (including phenoxy) is 2. The van der Waals surface area contributed by atoms with Crippen LogP contribution in [0.15, 0.2) is 66.7 Å². The molecule has 3 aromatic rings. The summed E-state index contributed by atoms with van der Waals surface area (Å²) in [4.78, 5) is 39.6. The minimum Gasteiger partial charge on any atom is -0.468 e. The van der Waals surface area contributed by atoms with Crippen molar-refractivity contribution in [2.24, 2.45) is 5.92 Å². The van der Waals surface area contributed by atoms with Gasteiger partial charge in [-0.05, 0) is 86.6 Å². The Hall–Kier alpha value is -3.82. The Morgan fingerprint density at radius 3 is 1.91 bits per heavy atom. The minimum atomic E-state index is -1.48. The van der Waals surface area contributed by atoms with Crippen LogP contribution < -0.4 is 5.32 Å². The maximum Gasteiger partial charge on any atom is 0.410 e. The predicted octanol–water partition coefficient (Wildman–Crippen LogP) is 7.47. The lowest BCUT2D eigenvalue weighted by atomic mass is 9.69. The van der Waals surface area contributed by atoms with Gasteiger partial charge >= 0.3 is 12.1 Å². The maximum atomic E-state index is 13.8. The fourth-order valence-corrected chi connectivity index (χ4v) is 5.63. The van der Waals surface area contributed by atoms with Crippen LogP contribution in [0.5, 0.6) is 0 Å². The van der Waals surface area contributed by atoms with Crippen molar-refractivity contribution in [2.45, 2.75) is 44.6 Å². The van der Waals surface area contributed by atoms with Crippen LogP contribution in [0.3, 0.4) is 0 Å².